The Hall–Kier alpha value is -0.770. The monoisotopic (exact) mass is 265 g/mol. The van der Waals surface area contributed by atoms with Crippen LogP contribution in [0.15, 0.2) is 4.99 Å². The predicted octanol–water partition coefficient (Wildman–Crippen LogP) is 2.05. The molecule has 4 nitrogen and oxygen atoms in total. The fourth-order valence-corrected chi connectivity index (χ4v) is 3.86. The minimum atomic E-state index is 0.408. The zero-order chi connectivity index (χ0) is 13.3. The van der Waals surface area contributed by atoms with Gasteiger partial charge in [-0.15, -0.1) is 0 Å². The van der Waals surface area contributed by atoms with Crippen molar-refractivity contribution in [3.05, 3.63) is 0 Å². The summed E-state index contributed by atoms with van der Waals surface area (Å²) in [5.41, 5.74) is 0.461. The van der Waals surface area contributed by atoms with Gasteiger partial charge in [0.25, 0.3) is 0 Å². The molecule has 2 heterocycles. The molecule has 2 N–H and O–H groups in total. The lowest BCUT2D eigenvalue weighted by atomic mass is 9.89. The molecule has 19 heavy (non-hydrogen) atoms. The lowest BCUT2D eigenvalue weighted by Gasteiger charge is -2.27. The summed E-state index contributed by atoms with van der Waals surface area (Å²) in [5, 5.41) is 7.07. The lowest BCUT2D eigenvalue weighted by Crippen LogP contribution is -2.49. The van der Waals surface area contributed by atoms with Crippen LogP contribution in [0.2, 0.25) is 0 Å². The first-order chi connectivity index (χ1) is 9.18. The molecule has 2 bridgehead atoms. The van der Waals surface area contributed by atoms with Gasteiger partial charge in [0.2, 0.25) is 0 Å². The predicted molar refractivity (Wildman–Crippen MR) is 77.4 cm³/mol. The van der Waals surface area contributed by atoms with Crippen LogP contribution in [0.3, 0.4) is 0 Å². The van der Waals surface area contributed by atoms with Gasteiger partial charge in [-0.25, -0.2) is 0 Å². The summed E-state index contributed by atoms with van der Waals surface area (Å²) in [6, 6.07) is 0.460. The molecule has 0 aromatic carbocycles. The van der Waals surface area contributed by atoms with Crippen LogP contribution in [0, 0.1) is 5.41 Å². The largest absolute Gasteiger partial charge is 0.373 e. The van der Waals surface area contributed by atoms with Crippen molar-refractivity contribution >= 4 is 5.96 Å². The molecule has 3 fully saturated rings. The van der Waals surface area contributed by atoms with Crippen molar-refractivity contribution in [2.24, 2.45) is 10.4 Å². The Balaban J connectivity index is 1.48. The molecule has 0 spiro atoms. The minimum Gasteiger partial charge on any atom is -0.373 e. The number of ether oxygens (including phenoxy) is 1. The van der Waals surface area contributed by atoms with E-state index in [9.17, 15) is 0 Å². The summed E-state index contributed by atoms with van der Waals surface area (Å²) in [6.07, 6.45) is 9.93. The van der Waals surface area contributed by atoms with Crippen LogP contribution in [0.1, 0.15) is 51.9 Å². The Kier molecular flexibility index (Phi) is 3.70. The first kappa shape index (κ1) is 13.2. The molecule has 2 saturated heterocycles. The molecule has 0 amide bonds. The molecule has 3 unspecified atom stereocenters. The molecule has 4 heteroatoms. The molecule has 1 saturated carbocycles. The van der Waals surface area contributed by atoms with Crippen molar-refractivity contribution < 1.29 is 4.74 Å². The summed E-state index contributed by atoms with van der Waals surface area (Å²) in [4.78, 5) is 4.37. The van der Waals surface area contributed by atoms with Gasteiger partial charge in [-0.3, -0.25) is 4.99 Å². The second-order valence-corrected chi connectivity index (χ2v) is 6.80. The van der Waals surface area contributed by atoms with Crippen LogP contribution >= 0.6 is 0 Å². The quantitative estimate of drug-likeness (QED) is 0.606. The van der Waals surface area contributed by atoms with Crippen molar-refractivity contribution in [2.45, 2.75) is 70.1 Å². The van der Waals surface area contributed by atoms with E-state index in [1.807, 2.05) is 7.05 Å². The highest BCUT2D eigenvalue weighted by Crippen LogP contribution is 2.37. The van der Waals surface area contributed by atoms with Crippen molar-refractivity contribution in [2.75, 3.05) is 13.6 Å². The Labute approximate surface area is 116 Å². The molecule has 3 rings (SSSR count). The molecule has 2 aliphatic heterocycles. The van der Waals surface area contributed by atoms with Gasteiger partial charge in [-0.1, -0.05) is 19.8 Å². The van der Waals surface area contributed by atoms with Crippen molar-refractivity contribution in [1.29, 1.82) is 0 Å². The van der Waals surface area contributed by atoms with E-state index in [0.29, 0.717) is 23.7 Å². The van der Waals surface area contributed by atoms with Crippen molar-refractivity contribution in [1.82, 2.24) is 10.6 Å². The Bertz CT molecular complexity index is 349. The fraction of sp³-hybridized carbons (Fsp3) is 0.933. The molecule has 3 aliphatic rings. The first-order valence-electron chi connectivity index (χ1n) is 7.81. The highest BCUT2D eigenvalue weighted by Gasteiger charge is 2.41. The van der Waals surface area contributed by atoms with Crippen LogP contribution in [0.5, 0.6) is 0 Å². The van der Waals surface area contributed by atoms with E-state index in [-0.39, 0.29) is 0 Å². The van der Waals surface area contributed by atoms with E-state index >= 15 is 0 Å². The van der Waals surface area contributed by atoms with Gasteiger partial charge in [-0.2, -0.15) is 0 Å². The molecule has 0 aromatic rings. The zero-order valence-electron chi connectivity index (χ0n) is 12.2. The number of fused-ring (bicyclic) bond motifs is 2. The van der Waals surface area contributed by atoms with E-state index in [1.54, 1.807) is 0 Å². The standard InChI is InChI=1S/C15H27N3O/c1-15(7-3-4-8-15)10-17-14(16-2)18-12-9-11-5-6-13(12)19-11/h11-13H,3-10H2,1-2H3,(H2,16,17,18). The lowest BCUT2D eigenvalue weighted by molar-refractivity contribution is 0.0992. The maximum Gasteiger partial charge on any atom is 0.191 e. The first-order valence-corrected chi connectivity index (χ1v) is 7.81. The minimum absolute atomic E-state index is 0.408. The van der Waals surface area contributed by atoms with E-state index < -0.39 is 0 Å². The van der Waals surface area contributed by atoms with E-state index in [2.05, 4.69) is 22.5 Å². The van der Waals surface area contributed by atoms with Crippen molar-refractivity contribution in [3.63, 3.8) is 0 Å². The molecular weight excluding hydrogens is 238 g/mol. The zero-order valence-corrected chi connectivity index (χ0v) is 12.2. The highest BCUT2D eigenvalue weighted by molar-refractivity contribution is 5.80. The van der Waals surface area contributed by atoms with Crippen LogP contribution in [0.4, 0.5) is 0 Å². The third-order valence-electron chi connectivity index (χ3n) is 5.15. The van der Waals surface area contributed by atoms with Crippen LogP contribution in [-0.4, -0.2) is 37.8 Å². The molecular formula is C15H27N3O. The molecule has 0 radical (unpaired) electrons. The Morgan fingerprint density at radius 2 is 2.11 bits per heavy atom. The van der Waals surface area contributed by atoms with E-state index in [0.717, 1.165) is 18.9 Å². The smallest absolute Gasteiger partial charge is 0.191 e. The molecule has 3 atom stereocenters. The number of guanidine groups is 1. The van der Waals surface area contributed by atoms with Gasteiger partial charge in [0.05, 0.1) is 18.2 Å². The second kappa shape index (κ2) is 5.31. The SMILES string of the molecule is CN=C(NCC1(C)CCCC1)NC1CC2CCC1O2. The maximum atomic E-state index is 5.88. The summed E-state index contributed by atoms with van der Waals surface area (Å²) in [5.74, 6) is 0.953. The summed E-state index contributed by atoms with van der Waals surface area (Å²) >= 11 is 0. The highest BCUT2D eigenvalue weighted by atomic mass is 16.5. The number of nitrogens with zero attached hydrogens (tertiary/aromatic N) is 1. The third-order valence-corrected chi connectivity index (χ3v) is 5.15. The van der Waals surface area contributed by atoms with Crippen LogP contribution < -0.4 is 10.6 Å². The molecule has 108 valence electrons. The van der Waals surface area contributed by atoms with Crippen LogP contribution in [-0.2, 0) is 4.74 Å². The van der Waals surface area contributed by atoms with Crippen molar-refractivity contribution in [3.8, 4) is 0 Å². The van der Waals surface area contributed by atoms with E-state index in [4.69, 9.17) is 4.74 Å². The van der Waals surface area contributed by atoms with Gasteiger partial charge >= 0.3 is 0 Å². The number of rotatable bonds is 3. The normalized spacial score (nSPS) is 36.7. The Morgan fingerprint density at radius 1 is 1.32 bits per heavy atom. The second-order valence-electron chi connectivity index (χ2n) is 6.80. The summed E-state index contributed by atoms with van der Waals surface area (Å²) in [7, 11) is 1.86. The molecule has 1 aliphatic carbocycles. The average molecular weight is 265 g/mol. The number of nitrogens with one attached hydrogen (secondary N) is 2. The summed E-state index contributed by atoms with van der Waals surface area (Å²) < 4.78 is 5.88. The number of aliphatic imine (C=N–C) groups is 1. The third kappa shape index (κ3) is 2.88. The topological polar surface area (TPSA) is 45.7 Å². The van der Waals surface area contributed by atoms with Gasteiger partial charge in [0.1, 0.15) is 0 Å². The molecule has 0 aromatic heterocycles. The van der Waals surface area contributed by atoms with Crippen LogP contribution in [0.25, 0.3) is 0 Å². The number of hydrogen-bond acceptors (Lipinski definition) is 2. The fourth-order valence-electron chi connectivity index (χ4n) is 3.86. The summed E-state index contributed by atoms with van der Waals surface area (Å²) in [6.45, 7) is 3.43. The number of hydrogen-bond donors (Lipinski definition) is 2. The average Bonchev–Trinajstić information content (AvgIpc) is 3.11. The van der Waals surface area contributed by atoms with E-state index in [1.165, 1.54) is 38.5 Å². The van der Waals surface area contributed by atoms with Gasteiger partial charge in [0, 0.05) is 13.6 Å². The Morgan fingerprint density at radius 3 is 2.68 bits per heavy atom. The maximum absolute atomic E-state index is 5.88. The van der Waals surface area contributed by atoms with Gasteiger partial charge < -0.3 is 15.4 Å². The van der Waals surface area contributed by atoms with Gasteiger partial charge in [0.15, 0.2) is 5.96 Å². The van der Waals surface area contributed by atoms with Gasteiger partial charge in [-0.05, 0) is 37.5 Å².